The third kappa shape index (κ3) is 2.21. The highest BCUT2D eigenvalue weighted by Gasteiger charge is 2.24. The van der Waals surface area contributed by atoms with Gasteiger partial charge in [-0.1, -0.05) is 13.8 Å². The van der Waals surface area contributed by atoms with E-state index in [0.29, 0.717) is 18.4 Å². The van der Waals surface area contributed by atoms with Gasteiger partial charge in [-0.05, 0) is 40.0 Å². The number of hydrogen-bond donors (Lipinski definition) is 1. The first-order valence-corrected chi connectivity index (χ1v) is 6.06. The maximum Gasteiger partial charge on any atom is 0.217 e. The van der Waals surface area contributed by atoms with Crippen molar-refractivity contribution in [2.24, 2.45) is 10.9 Å². The number of nitrogens with zero attached hydrogens (tertiary/aromatic N) is 1. The summed E-state index contributed by atoms with van der Waals surface area (Å²) in [4.78, 5) is 4.51. The van der Waals surface area contributed by atoms with E-state index in [4.69, 9.17) is 4.74 Å². The van der Waals surface area contributed by atoms with Crippen LogP contribution in [0.5, 0.6) is 5.75 Å². The molecule has 0 fully saturated rings. The Morgan fingerprint density at radius 1 is 1.50 bits per heavy atom. The highest BCUT2D eigenvalue weighted by atomic mass is 79.9. The Bertz CT molecular complexity index is 429. The lowest BCUT2D eigenvalue weighted by Gasteiger charge is -2.06. The summed E-state index contributed by atoms with van der Waals surface area (Å²) < 4.78 is 6.44. The minimum Gasteiger partial charge on any atom is -0.508 e. The van der Waals surface area contributed by atoms with Gasteiger partial charge < -0.3 is 9.84 Å². The van der Waals surface area contributed by atoms with Crippen molar-refractivity contribution < 1.29 is 9.84 Å². The van der Waals surface area contributed by atoms with Crippen molar-refractivity contribution in [2.45, 2.75) is 19.9 Å². The first-order valence-electron chi connectivity index (χ1n) is 5.27. The molecule has 1 aliphatic rings. The Morgan fingerprint density at radius 3 is 2.88 bits per heavy atom. The quantitative estimate of drug-likeness (QED) is 0.907. The van der Waals surface area contributed by atoms with Crippen LogP contribution in [0.4, 0.5) is 0 Å². The maximum atomic E-state index is 9.44. The summed E-state index contributed by atoms with van der Waals surface area (Å²) in [6, 6.07) is 5.29. The lowest BCUT2D eigenvalue weighted by molar-refractivity contribution is 0.291. The van der Waals surface area contributed by atoms with Crippen LogP contribution in [-0.4, -0.2) is 23.7 Å². The molecule has 0 unspecified atom stereocenters. The van der Waals surface area contributed by atoms with Crippen molar-refractivity contribution in [3.8, 4) is 5.75 Å². The molecule has 1 heterocycles. The molecular formula is C12H14BrNO2. The smallest absolute Gasteiger partial charge is 0.217 e. The SMILES string of the molecule is CC(C)[C@H]1COC(c2cc(O)ccc2Br)=N1. The first-order chi connectivity index (χ1) is 7.58. The second kappa shape index (κ2) is 4.45. The zero-order chi connectivity index (χ0) is 11.7. The van der Waals surface area contributed by atoms with Crippen LogP contribution in [0, 0.1) is 5.92 Å². The molecule has 0 radical (unpaired) electrons. The van der Waals surface area contributed by atoms with E-state index >= 15 is 0 Å². The van der Waals surface area contributed by atoms with Gasteiger partial charge in [0.05, 0.1) is 11.6 Å². The molecule has 2 rings (SSSR count). The van der Waals surface area contributed by atoms with E-state index in [1.165, 1.54) is 0 Å². The minimum absolute atomic E-state index is 0.212. The lowest BCUT2D eigenvalue weighted by Crippen LogP contribution is -2.13. The van der Waals surface area contributed by atoms with Crippen molar-refractivity contribution in [3.05, 3.63) is 28.2 Å². The number of phenols is 1. The molecule has 1 aromatic carbocycles. The largest absolute Gasteiger partial charge is 0.508 e. The zero-order valence-electron chi connectivity index (χ0n) is 9.27. The molecule has 1 atom stereocenters. The van der Waals surface area contributed by atoms with E-state index < -0.39 is 0 Å². The molecule has 4 heteroatoms. The summed E-state index contributed by atoms with van der Waals surface area (Å²) in [5, 5.41) is 9.44. The molecule has 0 saturated heterocycles. The Balaban J connectivity index is 2.32. The van der Waals surface area contributed by atoms with Gasteiger partial charge in [0.25, 0.3) is 0 Å². The zero-order valence-corrected chi connectivity index (χ0v) is 10.9. The number of aromatic hydroxyl groups is 1. The molecule has 0 saturated carbocycles. The van der Waals surface area contributed by atoms with Crippen LogP contribution in [0.3, 0.4) is 0 Å². The Morgan fingerprint density at radius 2 is 2.25 bits per heavy atom. The fourth-order valence-electron chi connectivity index (χ4n) is 1.56. The van der Waals surface area contributed by atoms with Crippen molar-refractivity contribution in [1.29, 1.82) is 0 Å². The van der Waals surface area contributed by atoms with E-state index in [1.807, 2.05) is 0 Å². The standard InChI is InChI=1S/C12H14BrNO2/c1-7(2)11-6-16-12(14-11)9-5-8(15)3-4-10(9)13/h3-5,7,11,15H,6H2,1-2H3/t11-/m1/s1. The molecule has 0 aliphatic carbocycles. The third-order valence-corrected chi connectivity index (χ3v) is 3.32. The van der Waals surface area contributed by atoms with Crippen LogP contribution in [0.15, 0.2) is 27.7 Å². The van der Waals surface area contributed by atoms with Gasteiger partial charge in [0, 0.05) is 4.47 Å². The van der Waals surface area contributed by atoms with E-state index in [-0.39, 0.29) is 11.8 Å². The number of ether oxygens (including phenoxy) is 1. The number of aliphatic imine (C=N–C) groups is 1. The molecule has 1 aromatic rings. The number of halogens is 1. The highest BCUT2D eigenvalue weighted by molar-refractivity contribution is 9.10. The highest BCUT2D eigenvalue weighted by Crippen LogP contribution is 2.26. The lowest BCUT2D eigenvalue weighted by atomic mass is 10.1. The Labute approximate surface area is 103 Å². The monoisotopic (exact) mass is 283 g/mol. The minimum atomic E-state index is 0.212. The van der Waals surface area contributed by atoms with Crippen LogP contribution in [0.25, 0.3) is 0 Å². The maximum absolute atomic E-state index is 9.44. The van der Waals surface area contributed by atoms with Gasteiger partial charge >= 0.3 is 0 Å². The predicted octanol–water partition coefficient (Wildman–Crippen LogP) is 2.96. The van der Waals surface area contributed by atoms with Crippen molar-refractivity contribution >= 4 is 21.8 Å². The third-order valence-electron chi connectivity index (χ3n) is 2.62. The van der Waals surface area contributed by atoms with Gasteiger partial charge in [-0.3, -0.25) is 0 Å². The Kier molecular flexibility index (Phi) is 3.19. The van der Waals surface area contributed by atoms with Crippen LogP contribution >= 0.6 is 15.9 Å². The van der Waals surface area contributed by atoms with Crippen molar-refractivity contribution in [3.63, 3.8) is 0 Å². The molecular weight excluding hydrogens is 270 g/mol. The number of rotatable bonds is 2. The van der Waals surface area contributed by atoms with Gasteiger partial charge in [0.1, 0.15) is 12.4 Å². The summed E-state index contributed by atoms with van der Waals surface area (Å²) in [5.41, 5.74) is 0.808. The molecule has 0 aromatic heterocycles. The molecule has 0 spiro atoms. The van der Waals surface area contributed by atoms with E-state index in [0.717, 1.165) is 10.0 Å². The number of phenolic OH excluding ortho intramolecular Hbond substituents is 1. The molecule has 86 valence electrons. The van der Waals surface area contributed by atoms with E-state index in [1.54, 1.807) is 18.2 Å². The van der Waals surface area contributed by atoms with Crippen molar-refractivity contribution in [2.75, 3.05) is 6.61 Å². The first kappa shape index (κ1) is 11.5. The average molecular weight is 284 g/mol. The summed E-state index contributed by atoms with van der Waals surface area (Å²) in [7, 11) is 0. The Hall–Kier alpha value is -1.03. The molecule has 16 heavy (non-hydrogen) atoms. The van der Waals surface area contributed by atoms with E-state index in [2.05, 4.69) is 34.8 Å². The van der Waals surface area contributed by atoms with Crippen LogP contribution in [-0.2, 0) is 4.74 Å². The summed E-state index contributed by atoms with van der Waals surface area (Å²) in [6.07, 6.45) is 0. The van der Waals surface area contributed by atoms with Crippen molar-refractivity contribution in [1.82, 2.24) is 0 Å². The predicted molar refractivity (Wildman–Crippen MR) is 66.9 cm³/mol. The van der Waals surface area contributed by atoms with Gasteiger partial charge in [-0.2, -0.15) is 0 Å². The van der Waals surface area contributed by atoms with E-state index in [9.17, 15) is 5.11 Å². The van der Waals surface area contributed by atoms with Gasteiger partial charge in [-0.15, -0.1) is 0 Å². The molecule has 1 N–H and O–H groups in total. The molecule has 1 aliphatic heterocycles. The van der Waals surface area contributed by atoms with Crippen LogP contribution < -0.4 is 0 Å². The number of hydrogen-bond acceptors (Lipinski definition) is 3. The van der Waals surface area contributed by atoms with Gasteiger partial charge in [-0.25, -0.2) is 4.99 Å². The second-order valence-electron chi connectivity index (χ2n) is 4.22. The van der Waals surface area contributed by atoms with Gasteiger partial charge in [0.15, 0.2) is 0 Å². The summed E-state index contributed by atoms with van der Waals surface area (Å²) >= 11 is 3.43. The summed E-state index contributed by atoms with van der Waals surface area (Å²) in [5.74, 6) is 1.30. The normalized spacial score (nSPS) is 19.8. The average Bonchev–Trinajstić information content (AvgIpc) is 2.70. The fourth-order valence-corrected chi connectivity index (χ4v) is 1.97. The summed E-state index contributed by atoms with van der Waals surface area (Å²) in [6.45, 7) is 4.87. The fraction of sp³-hybridized carbons (Fsp3) is 0.417. The molecule has 3 nitrogen and oxygen atoms in total. The topological polar surface area (TPSA) is 41.8 Å². The van der Waals surface area contributed by atoms with Crippen LogP contribution in [0.1, 0.15) is 19.4 Å². The van der Waals surface area contributed by atoms with Gasteiger partial charge in [0.2, 0.25) is 5.90 Å². The molecule has 0 bridgehead atoms. The number of benzene rings is 1. The van der Waals surface area contributed by atoms with Crippen LogP contribution in [0.2, 0.25) is 0 Å². The second-order valence-corrected chi connectivity index (χ2v) is 5.08. The molecule has 0 amide bonds.